The first-order chi connectivity index (χ1) is 9.90. The molecular formula is C14H18F2N4O. The molecule has 0 spiro atoms. The van der Waals surface area contributed by atoms with Gasteiger partial charge in [-0.25, -0.2) is 18.7 Å². The molecule has 3 rings (SSSR count). The topological polar surface area (TPSA) is 49.3 Å². The van der Waals surface area contributed by atoms with Crippen LogP contribution in [-0.4, -0.2) is 52.9 Å². The van der Waals surface area contributed by atoms with Crippen LogP contribution >= 0.6 is 0 Å². The molecule has 0 N–H and O–H groups in total. The maximum absolute atomic E-state index is 13.0. The monoisotopic (exact) mass is 296 g/mol. The van der Waals surface area contributed by atoms with Gasteiger partial charge < -0.3 is 9.80 Å². The molecule has 2 fully saturated rings. The Morgan fingerprint density at radius 3 is 2.43 bits per heavy atom. The molecule has 7 heteroatoms. The van der Waals surface area contributed by atoms with Crippen LogP contribution in [0.25, 0.3) is 0 Å². The summed E-state index contributed by atoms with van der Waals surface area (Å²) in [6, 6.07) is 0. The van der Waals surface area contributed by atoms with Gasteiger partial charge in [0.05, 0.1) is 0 Å². The van der Waals surface area contributed by atoms with Crippen molar-refractivity contribution in [1.29, 1.82) is 0 Å². The second kappa shape index (κ2) is 4.89. The van der Waals surface area contributed by atoms with Gasteiger partial charge in [0.15, 0.2) is 0 Å². The van der Waals surface area contributed by atoms with Crippen LogP contribution in [0, 0.1) is 19.8 Å². The van der Waals surface area contributed by atoms with Gasteiger partial charge in [0.1, 0.15) is 18.1 Å². The Bertz CT molecular complexity index is 570. The summed E-state index contributed by atoms with van der Waals surface area (Å²) >= 11 is 0. The molecule has 1 saturated carbocycles. The first-order valence-electron chi connectivity index (χ1n) is 7.10. The highest BCUT2D eigenvalue weighted by atomic mass is 19.3. The first-order valence-corrected chi connectivity index (χ1v) is 7.10. The highest BCUT2D eigenvalue weighted by Gasteiger charge is 2.62. The summed E-state index contributed by atoms with van der Waals surface area (Å²) in [5, 5.41) is 0. The van der Waals surface area contributed by atoms with Crippen LogP contribution in [0.15, 0.2) is 6.33 Å². The van der Waals surface area contributed by atoms with Crippen LogP contribution in [0.2, 0.25) is 0 Å². The average Bonchev–Trinajstić information content (AvgIpc) is 3.10. The van der Waals surface area contributed by atoms with Gasteiger partial charge in [0.25, 0.3) is 5.92 Å². The quantitative estimate of drug-likeness (QED) is 0.828. The van der Waals surface area contributed by atoms with E-state index in [1.54, 1.807) is 4.90 Å². The fraction of sp³-hybridized carbons (Fsp3) is 0.643. The van der Waals surface area contributed by atoms with Crippen molar-refractivity contribution in [3.63, 3.8) is 0 Å². The summed E-state index contributed by atoms with van der Waals surface area (Å²) < 4.78 is 25.9. The van der Waals surface area contributed by atoms with Gasteiger partial charge in [0, 0.05) is 43.9 Å². The predicted octanol–water partition coefficient (Wildman–Crippen LogP) is 1.40. The van der Waals surface area contributed by atoms with Crippen LogP contribution in [-0.2, 0) is 4.79 Å². The maximum Gasteiger partial charge on any atom is 0.260 e. The second-order valence-electron chi connectivity index (χ2n) is 5.74. The van der Waals surface area contributed by atoms with Crippen molar-refractivity contribution in [2.75, 3.05) is 31.1 Å². The van der Waals surface area contributed by atoms with Crippen molar-refractivity contribution < 1.29 is 13.6 Å². The highest BCUT2D eigenvalue weighted by molar-refractivity contribution is 5.83. The number of piperazine rings is 1. The zero-order valence-electron chi connectivity index (χ0n) is 12.1. The highest BCUT2D eigenvalue weighted by Crippen LogP contribution is 2.49. The van der Waals surface area contributed by atoms with E-state index in [1.807, 2.05) is 13.8 Å². The lowest BCUT2D eigenvalue weighted by Crippen LogP contribution is -2.50. The summed E-state index contributed by atoms with van der Waals surface area (Å²) in [6.45, 7) is 6.05. The normalized spacial score (nSPS) is 24.1. The summed E-state index contributed by atoms with van der Waals surface area (Å²) in [6.07, 6.45) is 1.23. The summed E-state index contributed by atoms with van der Waals surface area (Å²) in [4.78, 5) is 24.0. The second-order valence-corrected chi connectivity index (χ2v) is 5.74. The molecule has 5 nitrogen and oxygen atoms in total. The van der Waals surface area contributed by atoms with Crippen molar-refractivity contribution in [2.24, 2.45) is 5.92 Å². The van der Waals surface area contributed by atoms with Gasteiger partial charge >= 0.3 is 0 Å². The van der Waals surface area contributed by atoms with E-state index in [1.165, 1.54) is 6.33 Å². The Hall–Kier alpha value is -1.79. The third-order valence-electron chi connectivity index (χ3n) is 4.32. The molecule has 1 atom stereocenters. The summed E-state index contributed by atoms with van der Waals surface area (Å²) in [5.74, 6) is -3.41. The van der Waals surface area contributed by atoms with Gasteiger partial charge in [-0.05, 0) is 13.8 Å². The third-order valence-corrected chi connectivity index (χ3v) is 4.32. The summed E-state index contributed by atoms with van der Waals surface area (Å²) in [7, 11) is 0. The zero-order chi connectivity index (χ0) is 15.2. The molecule has 114 valence electrons. The molecule has 1 aliphatic carbocycles. The molecule has 1 aromatic heterocycles. The fourth-order valence-corrected chi connectivity index (χ4v) is 2.68. The van der Waals surface area contributed by atoms with E-state index in [4.69, 9.17) is 0 Å². The Morgan fingerprint density at radius 1 is 1.24 bits per heavy atom. The smallest absolute Gasteiger partial charge is 0.260 e. The molecule has 1 aliphatic heterocycles. The van der Waals surface area contributed by atoms with Crippen LogP contribution in [0.1, 0.15) is 17.7 Å². The Labute approximate surface area is 122 Å². The number of amides is 1. The minimum Gasteiger partial charge on any atom is -0.353 e. The van der Waals surface area contributed by atoms with Crippen LogP contribution < -0.4 is 4.90 Å². The summed E-state index contributed by atoms with van der Waals surface area (Å²) in [5.41, 5.74) is 1.95. The number of alkyl halides is 2. The number of rotatable bonds is 2. The van der Waals surface area contributed by atoms with E-state index in [0.29, 0.717) is 26.2 Å². The van der Waals surface area contributed by atoms with Crippen molar-refractivity contribution in [3.05, 3.63) is 17.6 Å². The van der Waals surface area contributed by atoms with Gasteiger partial charge in [-0.3, -0.25) is 4.79 Å². The van der Waals surface area contributed by atoms with Gasteiger partial charge in [-0.1, -0.05) is 0 Å². The number of carbonyl (C=O) groups excluding carboxylic acids is 1. The van der Waals surface area contributed by atoms with Crippen molar-refractivity contribution >= 4 is 11.7 Å². The third kappa shape index (κ3) is 2.56. The van der Waals surface area contributed by atoms with E-state index >= 15 is 0 Å². The number of anilines is 1. The molecule has 0 bridgehead atoms. The molecule has 1 amide bonds. The molecular weight excluding hydrogens is 278 g/mol. The molecule has 1 saturated heterocycles. The van der Waals surface area contributed by atoms with Gasteiger partial charge in [-0.15, -0.1) is 0 Å². The predicted molar refractivity (Wildman–Crippen MR) is 73.4 cm³/mol. The van der Waals surface area contributed by atoms with Crippen molar-refractivity contribution in [2.45, 2.75) is 26.2 Å². The van der Waals surface area contributed by atoms with E-state index in [0.717, 1.165) is 17.1 Å². The SMILES string of the molecule is Cc1ncnc(N2CCN(C(=O)C3CC3(F)F)CC2)c1C. The first kappa shape index (κ1) is 14.2. The fourth-order valence-electron chi connectivity index (χ4n) is 2.68. The van der Waals surface area contributed by atoms with E-state index < -0.39 is 17.7 Å². The molecule has 1 unspecified atom stereocenters. The average molecular weight is 296 g/mol. The van der Waals surface area contributed by atoms with Crippen LogP contribution in [0.5, 0.6) is 0 Å². The number of nitrogens with zero attached hydrogens (tertiary/aromatic N) is 4. The Morgan fingerprint density at radius 2 is 1.86 bits per heavy atom. The molecule has 2 heterocycles. The van der Waals surface area contributed by atoms with E-state index in [9.17, 15) is 13.6 Å². The minimum absolute atomic E-state index is 0.295. The Balaban J connectivity index is 1.63. The maximum atomic E-state index is 13.0. The standard InChI is InChI=1S/C14H18F2N4O/c1-9-10(2)17-8-18-12(9)19-3-5-20(6-4-19)13(21)11-7-14(11,15)16/h8,11H,3-7H2,1-2H3. The number of halogens is 2. The van der Waals surface area contributed by atoms with E-state index in [-0.39, 0.29) is 6.42 Å². The Kier molecular flexibility index (Phi) is 3.30. The lowest BCUT2D eigenvalue weighted by Gasteiger charge is -2.36. The minimum atomic E-state index is -2.78. The largest absolute Gasteiger partial charge is 0.353 e. The van der Waals surface area contributed by atoms with E-state index in [2.05, 4.69) is 14.9 Å². The number of hydrogen-bond donors (Lipinski definition) is 0. The number of aromatic nitrogens is 2. The van der Waals surface area contributed by atoms with Gasteiger partial charge in [0.2, 0.25) is 5.91 Å². The molecule has 21 heavy (non-hydrogen) atoms. The zero-order valence-corrected chi connectivity index (χ0v) is 12.1. The molecule has 2 aliphatic rings. The molecule has 0 radical (unpaired) electrons. The molecule has 0 aromatic carbocycles. The lowest BCUT2D eigenvalue weighted by atomic mass is 10.2. The van der Waals surface area contributed by atoms with Crippen LogP contribution in [0.3, 0.4) is 0 Å². The number of carbonyl (C=O) groups is 1. The number of aryl methyl sites for hydroxylation is 1. The van der Waals surface area contributed by atoms with Crippen LogP contribution in [0.4, 0.5) is 14.6 Å². The van der Waals surface area contributed by atoms with Crippen molar-refractivity contribution in [1.82, 2.24) is 14.9 Å². The van der Waals surface area contributed by atoms with Gasteiger partial charge in [-0.2, -0.15) is 0 Å². The van der Waals surface area contributed by atoms with Crippen molar-refractivity contribution in [3.8, 4) is 0 Å². The number of hydrogen-bond acceptors (Lipinski definition) is 4. The molecule has 1 aromatic rings. The lowest BCUT2D eigenvalue weighted by molar-refractivity contribution is -0.135.